The summed E-state index contributed by atoms with van der Waals surface area (Å²) in [7, 11) is 1.66. The Hall–Kier alpha value is -3.64. The number of thioether (sulfide) groups is 1. The molecule has 0 amide bonds. The molecule has 5 aromatic rings. The number of benzene rings is 3. The molecule has 5 rings (SSSR count). The standard InChI is InChI=1S/C26H20FN3OS/c1-31-22-13-11-21(12-14-22)30-15-23(19-5-3-2-4-6-19)24-25(30)28-17-29-26(24)32-16-18-7-9-20(27)10-8-18/h2-15,17H,16H2,1H3. The number of hydrogen-bond acceptors (Lipinski definition) is 4. The van der Waals surface area contributed by atoms with E-state index in [4.69, 9.17) is 4.74 Å². The third kappa shape index (κ3) is 3.97. The van der Waals surface area contributed by atoms with Crippen molar-refractivity contribution in [2.24, 2.45) is 0 Å². The van der Waals surface area contributed by atoms with E-state index in [9.17, 15) is 4.39 Å². The van der Waals surface area contributed by atoms with Crippen LogP contribution in [0.4, 0.5) is 4.39 Å². The summed E-state index contributed by atoms with van der Waals surface area (Å²) in [6.45, 7) is 0. The van der Waals surface area contributed by atoms with Crippen LogP contribution in [0.25, 0.3) is 27.8 Å². The highest BCUT2D eigenvalue weighted by Crippen LogP contribution is 2.37. The lowest BCUT2D eigenvalue weighted by atomic mass is 10.1. The highest BCUT2D eigenvalue weighted by molar-refractivity contribution is 7.98. The summed E-state index contributed by atoms with van der Waals surface area (Å²) in [4.78, 5) is 9.24. The molecule has 0 saturated heterocycles. The zero-order valence-corrected chi connectivity index (χ0v) is 18.2. The van der Waals surface area contributed by atoms with Crippen molar-refractivity contribution in [2.45, 2.75) is 10.8 Å². The molecule has 0 bridgehead atoms. The second-order valence-corrected chi connectivity index (χ2v) is 8.23. The molecule has 0 aliphatic carbocycles. The second-order valence-electron chi connectivity index (χ2n) is 7.27. The number of aromatic nitrogens is 3. The molecule has 0 radical (unpaired) electrons. The largest absolute Gasteiger partial charge is 0.497 e. The van der Waals surface area contributed by atoms with Gasteiger partial charge in [-0.15, -0.1) is 11.8 Å². The van der Waals surface area contributed by atoms with Crippen LogP contribution in [-0.4, -0.2) is 21.6 Å². The maximum Gasteiger partial charge on any atom is 0.149 e. The smallest absolute Gasteiger partial charge is 0.149 e. The summed E-state index contributed by atoms with van der Waals surface area (Å²) < 4.78 is 20.7. The number of methoxy groups -OCH3 is 1. The van der Waals surface area contributed by atoms with Crippen molar-refractivity contribution >= 4 is 22.8 Å². The number of halogens is 1. The third-order valence-corrected chi connectivity index (χ3v) is 6.33. The van der Waals surface area contributed by atoms with Crippen LogP contribution in [-0.2, 0) is 5.75 Å². The Morgan fingerprint density at radius 3 is 2.38 bits per heavy atom. The van der Waals surface area contributed by atoms with Crippen LogP contribution in [0.5, 0.6) is 5.75 Å². The lowest BCUT2D eigenvalue weighted by Gasteiger charge is -2.07. The van der Waals surface area contributed by atoms with Crippen molar-refractivity contribution in [3.8, 4) is 22.6 Å². The minimum atomic E-state index is -0.230. The molecule has 2 heterocycles. The Bertz CT molecular complexity index is 1350. The van der Waals surface area contributed by atoms with E-state index in [0.29, 0.717) is 5.75 Å². The average Bonchev–Trinajstić information content (AvgIpc) is 3.25. The van der Waals surface area contributed by atoms with Gasteiger partial charge in [-0.25, -0.2) is 14.4 Å². The maximum atomic E-state index is 13.3. The van der Waals surface area contributed by atoms with Gasteiger partial charge < -0.3 is 9.30 Å². The molecule has 3 aromatic carbocycles. The monoisotopic (exact) mass is 441 g/mol. The van der Waals surface area contributed by atoms with Crippen molar-refractivity contribution in [1.82, 2.24) is 14.5 Å². The number of nitrogens with zero attached hydrogens (tertiary/aromatic N) is 3. The summed E-state index contributed by atoms with van der Waals surface area (Å²) in [5, 5.41) is 1.90. The van der Waals surface area contributed by atoms with Crippen LogP contribution in [0.15, 0.2) is 96.4 Å². The van der Waals surface area contributed by atoms with Crippen LogP contribution in [0.2, 0.25) is 0 Å². The van der Waals surface area contributed by atoms with E-state index < -0.39 is 0 Å². The molecular weight excluding hydrogens is 421 g/mol. The first-order valence-electron chi connectivity index (χ1n) is 10.2. The minimum absolute atomic E-state index is 0.230. The highest BCUT2D eigenvalue weighted by Gasteiger charge is 2.17. The highest BCUT2D eigenvalue weighted by atomic mass is 32.2. The fourth-order valence-corrected chi connectivity index (χ4v) is 4.61. The van der Waals surface area contributed by atoms with E-state index in [0.717, 1.165) is 44.2 Å². The topological polar surface area (TPSA) is 39.9 Å². The normalized spacial score (nSPS) is 11.1. The second kappa shape index (κ2) is 8.85. The Balaban J connectivity index is 1.62. The van der Waals surface area contributed by atoms with Crippen LogP contribution >= 0.6 is 11.8 Å². The van der Waals surface area contributed by atoms with Crippen LogP contribution in [0.1, 0.15) is 5.56 Å². The van der Waals surface area contributed by atoms with Gasteiger partial charge in [0.15, 0.2) is 0 Å². The lowest BCUT2D eigenvalue weighted by Crippen LogP contribution is -1.95. The van der Waals surface area contributed by atoms with Gasteiger partial charge in [-0.05, 0) is 47.5 Å². The zero-order valence-electron chi connectivity index (χ0n) is 17.4. The lowest BCUT2D eigenvalue weighted by molar-refractivity contribution is 0.415. The fourth-order valence-electron chi connectivity index (χ4n) is 3.65. The van der Waals surface area contributed by atoms with E-state index in [-0.39, 0.29) is 5.82 Å². The Morgan fingerprint density at radius 1 is 0.906 bits per heavy atom. The molecule has 0 aliphatic rings. The van der Waals surface area contributed by atoms with E-state index in [1.807, 2.05) is 42.5 Å². The van der Waals surface area contributed by atoms with Gasteiger partial charge in [0.05, 0.1) is 12.5 Å². The maximum absolute atomic E-state index is 13.3. The van der Waals surface area contributed by atoms with Gasteiger partial charge in [0, 0.05) is 23.2 Å². The first-order chi connectivity index (χ1) is 15.7. The van der Waals surface area contributed by atoms with Crippen molar-refractivity contribution in [3.05, 3.63) is 103 Å². The van der Waals surface area contributed by atoms with Gasteiger partial charge >= 0.3 is 0 Å². The van der Waals surface area contributed by atoms with Crippen LogP contribution in [0.3, 0.4) is 0 Å². The van der Waals surface area contributed by atoms with Crippen LogP contribution < -0.4 is 4.74 Å². The zero-order chi connectivity index (χ0) is 21.9. The average molecular weight is 442 g/mol. The predicted molar refractivity (Wildman–Crippen MR) is 127 cm³/mol. The molecule has 4 nitrogen and oxygen atoms in total. The predicted octanol–water partition coefficient (Wildman–Crippen LogP) is 6.53. The summed E-state index contributed by atoms with van der Waals surface area (Å²) in [5.74, 6) is 1.26. The molecule has 0 spiro atoms. The molecular formula is C26H20FN3OS. The van der Waals surface area contributed by atoms with Gasteiger partial charge in [-0.2, -0.15) is 0 Å². The quantitative estimate of drug-likeness (QED) is 0.222. The summed E-state index contributed by atoms with van der Waals surface area (Å²) in [5.41, 5.74) is 5.04. The molecule has 0 unspecified atom stereocenters. The van der Waals surface area contributed by atoms with E-state index >= 15 is 0 Å². The molecule has 32 heavy (non-hydrogen) atoms. The van der Waals surface area contributed by atoms with Gasteiger partial charge in [0.2, 0.25) is 0 Å². The molecule has 0 fully saturated rings. The number of fused-ring (bicyclic) bond motifs is 1. The first-order valence-corrected chi connectivity index (χ1v) is 11.1. The van der Waals surface area contributed by atoms with Crippen molar-refractivity contribution in [3.63, 3.8) is 0 Å². The molecule has 2 aromatic heterocycles. The number of ether oxygens (including phenoxy) is 1. The number of rotatable bonds is 6. The van der Waals surface area contributed by atoms with Crippen LogP contribution in [0, 0.1) is 5.82 Å². The van der Waals surface area contributed by atoms with Gasteiger partial charge in [0.1, 0.15) is 28.6 Å². The van der Waals surface area contributed by atoms with E-state index in [2.05, 4.69) is 32.9 Å². The first kappa shape index (κ1) is 20.3. The molecule has 158 valence electrons. The van der Waals surface area contributed by atoms with Gasteiger partial charge in [-0.3, -0.25) is 0 Å². The van der Waals surface area contributed by atoms with Crippen molar-refractivity contribution in [2.75, 3.05) is 7.11 Å². The minimum Gasteiger partial charge on any atom is -0.497 e. The summed E-state index contributed by atoms with van der Waals surface area (Å²) in [6.07, 6.45) is 3.71. The molecule has 0 saturated carbocycles. The Kier molecular flexibility index (Phi) is 5.60. The van der Waals surface area contributed by atoms with Gasteiger partial charge in [0.25, 0.3) is 0 Å². The Labute approximate surface area is 189 Å². The molecule has 0 aliphatic heterocycles. The summed E-state index contributed by atoms with van der Waals surface area (Å²) >= 11 is 1.63. The molecule has 0 atom stereocenters. The molecule has 0 N–H and O–H groups in total. The van der Waals surface area contributed by atoms with E-state index in [1.54, 1.807) is 37.3 Å². The van der Waals surface area contributed by atoms with E-state index in [1.165, 1.54) is 12.1 Å². The van der Waals surface area contributed by atoms with Crippen molar-refractivity contribution in [1.29, 1.82) is 0 Å². The molecule has 6 heteroatoms. The third-order valence-electron chi connectivity index (χ3n) is 5.27. The van der Waals surface area contributed by atoms with Gasteiger partial charge in [-0.1, -0.05) is 42.5 Å². The Morgan fingerprint density at radius 2 is 1.66 bits per heavy atom. The summed E-state index contributed by atoms with van der Waals surface area (Å²) in [6, 6.07) is 24.7. The van der Waals surface area contributed by atoms with Crippen molar-refractivity contribution < 1.29 is 9.13 Å². The SMILES string of the molecule is COc1ccc(-n2cc(-c3ccccc3)c3c(SCc4ccc(F)cc4)ncnc32)cc1. The fraction of sp³-hybridized carbons (Fsp3) is 0.0769. The number of hydrogen-bond donors (Lipinski definition) is 0.